The van der Waals surface area contributed by atoms with Gasteiger partial charge in [-0.15, -0.1) is 0 Å². The van der Waals surface area contributed by atoms with E-state index in [0.717, 1.165) is 6.42 Å². The van der Waals surface area contributed by atoms with Crippen molar-refractivity contribution in [1.82, 2.24) is 5.32 Å². The van der Waals surface area contributed by atoms with Crippen molar-refractivity contribution in [2.45, 2.75) is 26.7 Å². The molecule has 1 saturated heterocycles. The van der Waals surface area contributed by atoms with Crippen LogP contribution in [0.25, 0.3) is 0 Å². The fraction of sp³-hybridized carbons (Fsp3) is 0.579. The molecular formula is C19H28N2O5. The Morgan fingerprint density at radius 2 is 1.81 bits per heavy atom. The van der Waals surface area contributed by atoms with E-state index in [1.165, 1.54) is 21.3 Å². The first kappa shape index (κ1) is 19.9. The normalized spacial score (nSPS) is 16.8. The number of hydrogen-bond acceptors (Lipinski definition) is 5. The summed E-state index contributed by atoms with van der Waals surface area (Å²) in [6.07, 6.45) is 1.12. The van der Waals surface area contributed by atoms with Gasteiger partial charge in [0.1, 0.15) is 0 Å². The molecular weight excluding hydrogens is 336 g/mol. The topological polar surface area (TPSA) is 77.1 Å². The van der Waals surface area contributed by atoms with Crippen LogP contribution in [0.5, 0.6) is 17.2 Å². The Balaban J connectivity index is 2.14. The third-order valence-electron chi connectivity index (χ3n) is 4.48. The minimum absolute atomic E-state index is 0.0751. The monoisotopic (exact) mass is 364 g/mol. The van der Waals surface area contributed by atoms with Gasteiger partial charge in [-0.3, -0.25) is 9.59 Å². The number of nitrogens with zero attached hydrogens (tertiary/aromatic N) is 1. The molecule has 0 bridgehead atoms. The third kappa shape index (κ3) is 4.39. The molecule has 7 nitrogen and oxygen atoms in total. The van der Waals surface area contributed by atoms with Crippen LogP contribution in [0.2, 0.25) is 0 Å². The number of amides is 2. The quantitative estimate of drug-likeness (QED) is 0.765. The lowest BCUT2D eigenvalue weighted by Gasteiger charge is -2.20. The van der Waals surface area contributed by atoms with Crippen molar-refractivity contribution in [2.75, 3.05) is 39.3 Å². The van der Waals surface area contributed by atoms with Crippen molar-refractivity contribution in [3.05, 3.63) is 12.1 Å². The number of ether oxygens (including phenoxy) is 3. The van der Waals surface area contributed by atoms with Crippen LogP contribution in [-0.2, 0) is 9.59 Å². The van der Waals surface area contributed by atoms with Crippen LogP contribution in [0.4, 0.5) is 5.69 Å². The number of carbonyl (C=O) groups is 2. The zero-order valence-corrected chi connectivity index (χ0v) is 16.1. The Hall–Kier alpha value is -2.44. The maximum Gasteiger partial charge on any atom is 0.227 e. The second-order valence-corrected chi connectivity index (χ2v) is 6.76. The van der Waals surface area contributed by atoms with E-state index in [2.05, 4.69) is 19.2 Å². The molecule has 2 amide bonds. The molecule has 0 aliphatic carbocycles. The smallest absolute Gasteiger partial charge is 0.227 e. The van der Waals surface area contributed by atoms with E-state index >= 15 is 0 Å². The maximum absolute atomic E-state index is 12.5. The number of nitrogens with one attached hydrogen (secondary N) is 1. The first-order valence-corrected chi connectivity index (χ1v) is 8.79. The van der Waals surface area contributed by atoms with Crippen molar-refractivity contribution in [1.29, 1.82) is 0 Å². The highest BCUT2D eigenvalue weighted by Gasteiger charge is 2.35. The van der Waals surface area contributed by atoms with Gasteiger partial charge in [0, 0.05) is 31.6 Å². The number of carbonyl (C=O) groups excluding carboxylic acids is 2. The summed E-state index contributed by atoms with van der Waals surface area (Å²) in [7, 11) is 4.58. The van der Waals surface area contributed by atoms with Crippen LogP contribution in [-0.4, -0.2) is 46.2 Å². The van der Waals surface area contributed by atoms with E-state index in [0.29, 0.717) is 41.9 Å². The van der Waals surface area contributed by atoms with Gasteiger partial charge in [-0.1, -0.05) is 13.8 Å². The van der Waals surface area contributed by atoms with Crippen LogP contribution < -0.4 is 24.4 Å². The summed E-state index contributed by atoms with van der Waals surface area (Å²) in [4.78, 5) is 26.4. The summed E-state index contributed by atoms with van der Waals surface area (Å²) in [5.74, 6) is 1.41. The van der Waals surface area contributed by atoms with E-state index in [1.54, 1.807) is 17.0 Å². The minimum Gasteiger partial charge on any atom is -0.493 e. The largest absolute Gasteiger partial charge is 0.493 e. The number of methoxy groups -OCH3 is 3. The third-order valence-corrected chi connectivity index (χ3v) is 4.48. The minimum atomic E-state index is -0.353. The van der Waals surface area contributed by atoms with Gasteiger partial charge in [-0.2, -0.15) is 0 Å². The standard InChI is InChI=1S/C19H28N2O5/c1-12(2)6-7-20-19(23)13-8-17(22)21(11-13)14-9-15(24-3)18(26-5)16(10-14)25-4/h9-10,12-13H,6-8,11H2,1-5H3,(H,20,23). The van der Waals surface area contributed by atoms with Gasteiger partial charge in [0.25, 0.3) is 0 Å². The van der Waals surface area contributed by atoms with E-state index < -0.39 is 0 Å². The van der Waals surface area contributed by atoms with Crippen molar-refractivity contribution in [3.8, 4) is 17.2 Å². The van der Waals surface area contributed by atoms with E-state index in [1.807, 2.05) is 0 Å². The Kier molecular flexibility index (Phi) is 6.71. The molecule has 1 aromatic carbocycles. The van der Waals surface area contributed by atoms with E-state index in [-0.39, 0.29) is 24.2 Å². The molecule has 1 aliphatic rings. The predicted molar refractivity (Wildman–Crippen MR) is 99.0 cm³/mol. The molecule has 144 valence electrons. The highest BCUT2D eigenvalue weighted by molar-refractivity contribution is 6.00. The molecule has 26 heavy (non-hydrogen) atoms. The molecule has 7 heteroatoms. The van der Waals surface area contributed by atoms with Crippen LogP contribution in [0.3, 0.4) is 0 Å². The molecule has 1 aromatic rings. The lowest BCUT2D eigenvalue weighted by molar-refractivity contribution is -0.126. The summed E-state index contributed by atoms with van der Waals surface area (Å²) >= 11 is 0. The predicted octanol–water partition coefficient (Wildman–Crippen LogP) is 2.23. The van der Waals surface area contributed by atoms with Crippen LogP contribution in [0, 0.1) is 11.8 Å². The average molecular weight is 364 g/mol. The lowest BCUT2D eigenvalue weighted by Crippen LogP contribution is -2.33. The van der Waals surface area contributed by atoms with Gasteiger partial charge in [0.05, 0.1) is 32.9 Å². The zero-order chi connectivity index (χ0) is 19.3. The van der Waals surface area contributed by atoms with Crippen LogP contribution >= 0.6 is 0 Å². The highest BCUT2D eigenvalue weighted by Crippen LogP contribution is 2.42. The van der Waals surface area contributed by atoms with Crippen LogP contribution in [0.15, 0.2) is 12.1 Å². The Morgan fingerprint density at radius 3 is 2.31 bits per heavy atom. The molecule has 0 radical (unpaired) electrons. The average Bonchev–Trinajstić information content (AvgIpc) is 3.01. The fourth-order valence-electron chi connectivity index (χ4n) is 2.98. The van der Waals surface area contributed by atoms with Gasteiger partial charge in [-0.05, 0) is 12.3 Å². The summed E-state index contributed by atoms with van der Waals surface area (Å²) in [6, 6.07) is 3.44. The molecule has 1 N–H and O–H groups in total. The molecule has 1 aliphatic heterocycles. The number of benzene rings is 1. The lowest BCUT2D eigenvalue weighted by atomic mass is 10.1. The van der Waals surface area contributed by atoms with E-state index in [9.17, 15) is 9.59 Å². The van der Waals surface area contributed by atoms with Crippen molar-refractivity contribution < 1.29 is 23.8 Å². The molecule has 2 rings (SSSR count). The van der Waals surface area contributed by atoms with Crippen molar-refractivity contribution >= 4 is 17.5 Å². The van der Waals surface area contributed by atoms with E-state index in [4.69, 9.17) is 14.2 Å². The second-order valence-electron chi connectivity index (χ2n) is 6.76. The number of hydrogen-bond donors (Lipinski definition) is 1. The van der Waals surface area contributed by atoms with Gasteiger partial charge in [-0.25, -0.2) is 0 Å². The highest BCUT2D eigenvalue weighted by atomic mass is 16.5. The van der Waals surface area contributed by atoms with Gasteiger partial charge >= 0.3 is 0 Å². The maximum atomic E-state index is 12.5. The fourth-order valence-corrected chi connectivity index (χ4v) is 2.98. The Bertz CT molecular complexity index is 634. The summed E-state index contributed by atoms with van der Waals surface area (Å²) < 4.78 is 16.0. The van der Waals surface area contributed by atoms with Gasteiger partial charge in [0.2, 0.25) is 17.6 Å². The molecule has 0 spiro atoms. The second kappa shape index (κ2) is 8.78. The summed E-state index contributed by atoms with van der Waals surface area (Å²) in [5.41, 5.74) is 0.627. The zero-order valence-electron chi connectivity index (χ0n) is 16.1. The van der Waals surface area contributed by atoms with Gasteiger partial charge in [0.15, 0.2) is 11.5 Å². The molecule has 1 heterocycles. The Morgan fingerprint density at radius 1 is 1.19 bits per heavy atom. The van der Waals surface area contributed by atoms with Crippen LogP contribution in [0.1, 0.15) is 26.7 Å². The molecule has 1 unspecified atom stereocenters. The summed E-state index contributed by atoms with van der Waals surface area (Å²) in [6.45, 7) is 5.19. The number of anilines is 1. The first-order chi connectivity index (χ1) is 12.4. The summed E-state index contributed by atoms with van der Waals surface area (Å²) in [5, 5.41) is 2.92. The SMILES string of the molecule is COc1cc(N2CC(C(=O)NCCC(C)C)CC2=O)cc(OC)c1OC. The molecule has 1 fully saturated rings. The van der Waals surface area contributed by atoms with Crippen molar-refractivity contribution in [2.24, 2.45) is 11.8 Å². The molecule has 1 atom stereocenters. The van der Waals surface area contributed by atoms with Crippen molar-refractivity contribution in [3.63, 3.8) is 0 Å². The first-order valence-electron chi connectivity index (χ1n) is 8.79. The van der Waals surface area contributed by atoms with Gasteiger partial charge < -0.3 is 24.4 Å². The Labute approximate surface area is 154 Å². The number of rotatable bonds is 8. The molecule has 0 aromatic heterocycles. The molecule has 0 saturated carbocycles.